The van der Waals surface area contributed by atoms with Gasteiger partial charge in [-0.3, -0.25) is 9.59 Å². The Hall–Kier alpha value is -2.24. The Morgan fingerprint density at radius 2 is 1.95 bits per heavy atom. The molecule has 2 aliphatic heterocycles. The van der Waals surface area contributed by atoms with Gasteiger partial charge in [-0.2, -0.15) is 0 Å². The number of hydrogen-bond donors (Lipinski definition) is 3. The van der Waals surface area contributed by atoms with Crippen molar-refractivity contribution in [2.75, 3.05) is 43.4 Å². The summed E-state index contributed by atoms with van der Waals surface area (Å²) in [5.74, 6) is -0.179. The Morgan fingerprint density at radius 3 is 2.85 bits per heavy atom. The quantitative estimate of drug-likeness (QED) is 0.696. The molecule has 6 nitrogen and oxygen atoms in total. The van der Waals surface area contributed by atoms with E-state index in [0.717, 1.165) is 30.9 Å². The molecular weight excluding hydrogens is 256 g/mol. The zero-order valence-corrected chi connectivity index (χ0v) is 11.2. The molecule has 2 heterocycles. The highest BCUT2D eigenvalue weighted by atomic mass is 16.2. The summed E-state index contributed by atoms with van der Waals surface area (Å²) in [5, 5.41) is 9.32. The minimum absolute atomic E-state index is 0.0879. The molecule has 0 bridgehead atoms. The van der Waals surface area contributed by atoms with Crippen LogP contribution in [0.5, 0.6) is 0 Å². The number of nitrogens with one attached hydrogen (secondary N) is 3. The topological polar surface area (TPSA) is 73.5 Å². The maximum absolute atomic E-state index is 12.6. The third-order valence-electron chi connectivity index (χ3n) is 3.59. The third kappa shape index (κ3) is 2.41. The lowest BCUT2D eigenvalue weighted by molar-refractivity contribution is -0.121. The van der Waals surface area contributed by atoms with E-state index in [0.29, 0.717) is 18.7 Å². The van der Waals surface area contributed by atoms with Gasteiger partial charge in [-0.05, 0) is 18.6 Å². The molecule has 3 rings (SSSR count). The van der Waals surface area contributed by atoms with Gasteiger partial charge in [0.15, 0.2) is 0 Å². The predicted molar refractivity (Wildman–Crippen MR) is 77.0 cm³/mol. The first kappa shape index (κ1) is 12.8. The number of carbonyl (C=O) groups is 2. The van der Waals surface area contributed by atoms with Crippen LogP contribution in [0.1, 0.15) is 16.8 Å². The van der Waals surface area contributed by atoms with Crippen molar-refractivity contribution in [1.29, 1.82) is 0 Å². The summed E-state index contributed by atoms with van der Waals surface area (Å²) in [5.41, 5.74) is 2.42. The molecule has 0 aromatic heterocycles. The minimum Gasteiger partial charge on any atom is -0.382 e. The highest BCUT2D eigenvalue weighted by molar-refractivity contribution is 6.04. The van der Waals surface area contributed by atoms with E-state index in [-0.39, 0.29) is 18.4 Å². The van der Waals surface area contributed by atoms with Gasteiger partial charge in [0.2, 0.25) is 5.91 Å². The van der Waals surface area contributed by atoms with Crippen LogP contribution in [0, 0.1) is 0 Å². The normalized spacial score (nSPS) is 18.2. The van der Waals surface area contributed by atoms with Gasteiger partial charge < -0.3 is 20.9 Å². The van der Waals surface area contributed by atoms with Gasteiger partial charge >= 0.3 is 0 Å². The van der Waals surface area contributed by atoms with Gasteiger partial charge in [-0.15, -0.1) is 0 Å². The Bertz CT molecular complexity index is 544. The first-order valence-corrected chi connectivity index (χ1v) is 6.92. The number of rotatable bonds is 1. The van der Waals surface area contributed by atoms with E-state index >= 15 is 0 Å². The second-order valence-corrected chi connectivity index (χ2v) is 5.01. The van der Waals surface area contributed by atoms with Crippen LogP contribution in [0.25, 0.3) is 0 Å². The molecule has 2 amide bonds. The summed E-state index contributed by atoms with van der Waals surface area (Å²) in [4.78, 5) is 25.9. The molecule has 0 aliphatic carbocycles. The van der Waals surface area contributed by atoms with Gasteiger partial charge in [-0.1, -0.05) is 6.07 Å². The maximum atomic E-state index is 12.6. The molecule has 0 saturated carbocycles. The van der Waals surface area contributed by atoms with Gasteiger partial charge in [0.05, 0.1) is 23.5 Å². The molecule has 1 aromatic carbocycles. The first-order chi connectivity index (χ1) is 9.75. The smallest absolute Gasteiger partial charge is 0.256 e. The van der Waals surface area contributed by atoms with Crippen LogP contribution in [-0.4, -0.2) is 49.4 Å². The monoisotopic (exact) mass is 274 g/mol. The molecule has 0 spiro atoms. The van der Waals surface area contributed by atoms with Crippen LogP contribution < -0.4 is 16.0 Å². The highest BCUT2D eigenvalue weighted by Gasteiger charge is 2.24. The Labute approximate surface area is 117 Å². The summed E-state index contributed by atoms with van der Waals surface area (Å²) < 4.78 is 0. The Kier molecular flexibility index (Phi) is 3.45. The lowest BCUT2D eigenvalue weighted by Crippen LogP contribution is -2.38. The summed E-state index contributed by atoms with van der Waals surface area (Å²) in [6.45, 7) is 3.01. The van der Waals surface area contributed by atoms with Crippen molar-refractivity contribution in [3.63, 3.8) is 0 Å². The van der Waals surface area contributed by atoms with E-state index in [1.165, 1.54) is 0 Å². The fraction of sp³-hybridized carbons (Fsp3) is 0.429. The highest BCUT2D eigenvalue weighted by Crippen LogP contribution is 2.29. The summed E-state index contributed by atoms with van der Waals surface area (Å²) in [7, 11) is 0. The third-order valence-corrected chi connectivity index (χ3v) is 3.59. The van der Waals surface area contributed by atoms with Crippen molar-refractivity contribution in [1.82, 2.24) is 10.2 Å². The van der Waals surface area contributed by atoms with Gasteiger partial charge in [0.25, 0.3) is 5.91 Å². The Morgan fingerprint density at radius 1 is 1.10 bits per heavy atom. The van der Waals surface area contributed by atoms with Crippen LogP contribution >= 0.6 is 0 Å². The van der Waals surface area contributed by atoms with Crippen molar-refractivity contribution in [2.45, 2.75) is 6.42 Å². The molecule has 106 valence electrons. The molecule has 0 atom stereocenters. The molecule has 6 heteroatoms. The number of benzene rings is 1. The largest absolute Gasteiger partial charge is 0.382 e. The van der Waals surface area contributed by atoms with E-state index < -0.39 is 0 Å². The molecule has 2 aliphatic rings. The van der Waals surface area contributed by atoms with E-state index in [4.69, 9.17) is 0 Å². The number of amides is 2. The second kappa shape index (κ2) is 5.40. The maximum Gasteiger partial charge on any atom is 0.256 e. The van der Waals surface area contributed by atoms with E-state index in [1.807, 2.05) is 18.2 Å². The van der Waals surface area contributed by atoms with Crippen molar-refractivity contribution in [3.8, 4) is 0 Å². The van der Waals surface area contributed by atoms with Crippen LogP contribution in [0.2, 0.25) is 0 Å². The molecule has 3 N–H and O–H groups in total. The van der Waals surface area contributed by atoms with Gasteiger partial charge in [0.1, 0.15) is 0 Å². The van der Waals surface area contributed by atoms with Crippen LogP contribution in [0.4, 0.5) is 11.4 Å². The van der Waals surface area contributed by atoms with Crippen LogP contribution in [0.3, 0.4) is 0 Å². The van der Waals surface area contributed by atoms with Crippen molar-refractivity contribution < 1.29 is 9.59 Å². The number of hydrogen-bond acceptors (Lipinski definition) is 4. The van der Waals surface area contributed by atoms with E-state index in [2.05, 4.69) is 16.0 Å². The van der Waals surface area contributed by atoms with Gasteiger partial charge in [0, 0.05) is 26.2 Å². The minimum atomic E-state index is -0.0910. The van der Waals surface area contributed by atoms with Gasteiger partial charge in [-0.25, -0.2) is 0 Å². The van der Waals surface area contributed by atoms with Crippen LogP contribution in [0.15, 0.2) is 18.2 Å². The van der Waals surface area contributed by atoms with E-state index in [1.54, 1.807) is 4.90 Å². The molecule has 1 fully saturated rings. The zero-order chi connectivity index (χ0) is 13.9. The molecule has 1 saturated heterocycles. The lowest BCUT2D eigenvalue weighted by atomic mass is 10.1. The SMILES string of the molecule is O=C1CN(C(=O)c2cccc3c2NCCN3)CCCN1. The van der Waals surface area contributed by atoms with Crippen molar-refractivity contribution in [2.24, 2.45) is 0 Å². The molecule has 20 heavy (non-hydrogen) atoms. The fourth-order valence-electron chi connectivity index (χ4n) is 2.60. The van der Waals surface area contributed by atoms with Crippen molar-refractivity contribution in [3.05, 3.63) is 23.8 Å². The first-order valence-electron chi connectivity index (χ1n) is 6.92. The van der Waals surface area contributed by atoms with E-state index in [9.17, 15) is 9.59 Å². The summed E-state index contributed by atoms with van der Waals surface area (Å²) in [6, 6.07) is 5.63. The predicted octanol–water partition coefficient (Wildman–Crippen LogP) is 0.486. The molecule has 0 unspecified atom stereocenters. The average Bonchev–Trinajstić information content (AvgIpc) is 2.70. The summed E-state index contributed by atoms with van der Waals surface area (Å²) >= 11 is 0. The van der Waals surface area contributed by atoms with Crippen LogP contribution in [-0.2, 0) is 4.79 Å². The standard InChI is InChI=1S/C14H18N4O2/c19-12-9-18(8-2-5-16-12)14(20)10-3-1-4-11-13(10)17-7-6-15-11/h1,3-4,15,17H,2,5-9H2,(H,16,19). The molecule has 1 aromatic rings. The second-order valence-electron chi connectivity index (χ2n) is 5.01. The van der Waals surface area contributed by atoms with Crippen molar-refractivity contribution >= 4 is 23.2 Å². The molecule has 0 radical (unpaired) electrons. The average molecular weight is 274 g/mol. The number of anilines is 2. The number of nitrogens with zero attached hydrogens (tertiary/aromatic N) is 1. The summed E-state index contributed by atoms with van der Waals surface area (Å²) in [6.07, 6.45) is 0.790. The lowest BCUT2D eigenvalue weighted by Gasteiger charge is -2.25. The number of fused-ring (bicyclic) bond motifs is 1. The number of para-hydroxylation sites is 1. The fourth-order valence-corrected chi connectivity index (χ4v) is 2.60. The Balaban J connectivity index is 1.88. The molecular formula is C14H18N4O2. The number of carbonyl (C=O) groups excluding carboxylic acids is 2. The zero-order valence-electron chi connectivity index (χ0n) is 11.2.